The summed E-state index contributed by atoms with van der Waals surface area (Å²) in [6, 6.07) is 3.03. The van der Waals surface area contributed by atoms with Crippen molar-refractivity contribution < 1.29 is 22.9 Å². The fourth-order valence-electron chi connectivity index (χ4n) is 2.45. The number of rotatable bonds is 2. The number of carbonyl (C=O) groups excluding carboxylic acids is 2. The predicted molar refractivity (Wildman–Crippen MR) is 77.2 cm³/mol. The maximum atomic E-state index is 13.2. The topological polar surface area (TPSA) is 79.5 Å². The van der Waals surface area contributed by atoms with Crippen molar-refractivity contribution in [3.8, 4) is 0 Å². The van der Waals surface area contributed by atoms with Crippen LogP contribution in [0.15, 0.2) is 22.7 Å². The Kier molecular flexibility index (Phi) is 4.24. The molecule has 0 bridgehead atoms. The normalized spacial score (nSPS) is 14.8. The Morgan fingerprint density at radius 2 is 1.67 bits per heavy atom. The Morgan fingerprint density at radius 3 is 2.21 bits per heavy atom. The van der Waals surface area contributed by atoms with Crippen LogP contribution in [0.3, 0.4) is 0 Å². The van der Waals surface area contributed by atoms with Gasteiger partial charge < -0.3 is 14.3 Å². The van der Waals surface area contributed by atoms with Crippen molar-refractivity contribution in [2.24, 2.45) is 0 Å². The van der Waals surface area contributed by atoms with Crippen molar-refractivity contribution in [3.05, 3.63) is 47.1 Å². The molecule has 1 saturated heterocycles. The first-order chi connectivity index (χ1) is 11.5. The lowest BCUT2D eigenvalue weighted by atomic mass is 10.1. The number of amides is 2. The van der Waals surface area contributed by atoms with Gasteiger partial charge in [0, 0.05) is 38.7 Å². The number of aromatic nitrogens is 2. The summed E-state index contributed by atoms with van der Waals surface area (Å²) in [4.78, 5) is 31.4. The molecule has 2 aromatic rings. The Balaban J connectivity index is 1.63. The molecule has 0 spiro atoms. The lowest BCUT2D eigenvalue weighted by molar-refractivity contribution is 0.0526. The number of halogens is 2. The molecule has 1 aromatic heterocycles. The van der Waals surface area contributed by atoms with Crippen molar-refractivity contribution in [2.75, 3.05) is 26.2 Å². The summed E-state index contributed by atoms with van der Waals surface area (Å²) in [6.45, 7) is 2.73. The number of benzene rings is 1. The Bertz CT molecular complexity index is 785. The van der Waals surface area contributed by atoms with Gasteiger partial charge in [-0.05, 0) is 18.2 Å². The van der Waals surface area contributed by atoms with Crippen LogP contribution >= 0.6 is 0 Å². The lowest BCUT2D eigenvalue weighted by Gasteiger charge is -2.34. The maximum Gasteiger partial charge on any atom is 0.295 e. The van der Waals surface area contributed by atoms with Gasteiger partial charge in [0.15, 0.2) is 11.6 Å². The molecule has 1 aliphatic rings. The van der Waals surface area contributed by atoms with Crippen LogP contribution in [0.2, 0.25) is 0 Å². The van der Waals surface area contributed by atoms with E-state index in [9.17, 15) is 18.4 Å². The zero-order valence-electron chi connectivity index (χ0n) is 12.8. The van der Waals surface area contributed by atoms with Crippen molar-refractivity contribution in [1.82, 2.24) is 19.9 Å². The van der Waals surface area contributed by atoms with Gasteiger partial charge in [-0.3, -0.25) is 9.59 Å². The summed E-state index contributed by atoms with van der Waals surface area (Å²) in [5.41, 5.74) is 0.0717. The summed E-state index contributed by atoms with van der Waals surface area (Å²) >= 11 is 0. The molecule has 1 aromatic carbocycles. The van der Waals surface area contributed by atoms with Gasteiger partial charge in [0.2, 0.25) is 5.89 Å². The van der Waals surface area contributed by atoms with Crippen molar-refractivity contribution in [2.45, 2.75) is 6.92 Å². The van der Waals surface area contributed by atoms with Gasteiger partial charge in [-0.1, -0.05) is 5.16 Å². The third-order valence-electron chi connectivity index (χ3n) is 3.74. The molecular weight excluding hydrogens is 322 g/mol. The number of aryl methyl sites for hydroxylation is 1. The average molecular weight is 336 g/mol. The minimum atomic E-state index is -1.07. The van der Waals surface area contributed by atoms with Gasteiger partial charge in [0.25, 0.3) is 17.6 Å². The van der Waals surface area contributed by atoms with Gasteiger partial charge in [-0.15, -0.1) is 0 Å². The van der Waals surface area contributed by atoms with Crippen LogP contribution in [0.5, 0.6) is 0 Å². The van der Waals surface area contributed by atoms with Gasteiger partial charge in [0.05, 0.1) is 0 Å². The van der Waals surface area contributed by atoms with Gasteiger partial charge in [-0.2, -0.15) is 4.98 Å². The Labute approximate surface area is 135 Å². The summed E-state index contributed by atoms with van der Waals surface area (Å²) < 4.78 is 31.0. The van der Waals surface area contributed by atoms with E-state index in [-0.39, 0.29) is 30.4 Å². The van der Waals surface area contributed by atoms with Gasteiger partial charge in [-0.25, -0.2) is 8.78 Å². The van der Waals surface area contributed by atoms with Crippen molar-refractivity contribution in [3.63, 3.8) is 0 Å². The van der Waals surface area contributed by atoms with Crippen LogP contribution in [0.1, 0.15) is 26.9 Å². The minimum Gasteiger partial charge on any atom is -0.339 e. The molecule has 0 unspecified atom stereocenters. The first-order valence-electron chi connectivity index (χ1n) is 7.29. The molecule has 0 aliphatic carbocycles. The second-order valence-electron chi connectivity index (χ2n) is 5.35. The summed E-state index contributed by atoms with van der Waals surface area (Å²) in [7, 11) is 0. The SMILES string of the molecule is Cc1nc(C(=O)N2CCN(C(=O)c3ccc(F)c(F)c3)CC2)no1. The van der Waals surface area contributed by atoms with E-state index < -0.39 is 17.5 Å². The van der Waals surface area contributed by atoms with Gasteiger partial charge in [0.1, 0.15) is 0 Å². The predicted octanol–water partition coefficient (Wildman–Crippen LogP) is 1.25. The van der Waals surface area contributed by atoms with Crippen LogP contribution in [0.4, 0.5) is 8.78 Å². The third-order valence-corrected chi connectivity index (χ3v) is 3.74. The summed E-state index contributed by atoms with van der Waals surface area (Å²) in [6.07, 6.45) is 0. The molecule has 3 rings (SSSR count). The number of piperazine rings is 1. The van der Waals surface area contributed by atoms with E-state index >= 15 is 0 Å². The third kappa shape index (κ3) is 3.10. The maximum absolute atomic E-state index is 13.2. The number of carbonyl (C=O) groups is 2. The molecule has 0 radical (unpaired) electrons. The Hall–Kier alpha value is -2.84. The first-order valence-corrected chi connectivity index (χ1v) is 7.29. The molecule has 24 heavy (non-hydrogen) atoms. The van der Waals surface area contributed by atoms with Crippen LogP contribution in [0, 0.1) is 18.6 Å². The highest BCUT2D eigenvalue weighted by atomic mass is 19.2. The molecular formula is C15H14F2N4O3. The first kappa shape index (κ1) is 16.0. The Morgan fingerprint density at radius 1 is 1.04 bits per heavy atom. The monoisotopic (exact) mass is 336 g/mol. The molecule has 0 N–H and O–H groups in total. The van der Waals surface area contributed by atoms with Crippen LogP contribution < -0.4 is 0 Å². The highest BCUT2D eigenvalue weighted by molar-refractivity contribution is 5.95. The highest BCUT2D eigenvalue weighted by Crippen LogP contribution is 2.13. The van der Waals surface area contributed by atoms with E-state index in [2.05, 4.69) is 10.1 Å². The quantitative estimate of drug-likeness (QED) is 0.825. The summed E-state index contributed by atoms with van der Waals surface area (Å²) in [5.74, 6) is -2.57. The number of hydrogen-bond acceptors (Lipinski definition) is 5. The van der Waals surface area contributed by atoms with Crippen molar-refractivity contribution >= 4 is 11.8 Å². The largest absolute Gasteiger partial charge is 0.339 e. The molecule has 0 atom stereocenters. The second-order valence-corrected chi connectivity index (χ2v) is 5.35. The molecule has 2 amide bonds. The second kappa shape index (κ2) is 6.34. The fraction of sp³-hybridized carbons (Fsp3) is 0.333. The van der Waals surface area contributed by atoms with E-state index in [1.54, 1.807) is 6.92 Å². The average Bonchev–Trinajstić information content (AvgIpc) is 3.02. The molecule has 2 heterocycles. The molecule has 7 nitrogen and oxygen atoms in total. The van der Waals surface area contributed by atoms with Crippen LogP contribution in [-0.4, -0.2) is 57.9 Å². The van der Waals surface area contributed by atoms with Crippen LogP contribution in [0.25, 0.3) is 0 Å². The smallest absolute Gasteiger partial charge is 0.295 e. The molecule has 126 valence electrons. The molecule has 0 saturated carbocycles. The molecule has 1 fully saturated rings. The van der Waals surface area contributed by atoms with Gasteiger partial charge >= 0.3 is 0 Å². The number of nitrogens with zero attached hydrogens (tertiary/aromatic N) is 4. The standard InChI is InChI=1S/C15H14F2N4O3/c1-9-18-13(19-24-9)15(23)21-6-4-20(5-7-21)14(22)10-2-3-11(16)12(17)8-10/h2-3,8H,4-7H2,1H3. The van der Waals surface area contributed by atoms with E-state index in [4.69, 9.17) is 4.52 Å². The van der Waals surface area contributed by atoms with Crippen molar-refractivity contribution in [1.29, 1.82) is 0 Å². The molecule has 9 heteroatoms. The van der Waals surface area contributed by atoms with E-state index in [0.29, 0.717) is 19.0 Å². The summed E-state index contributed by atoms with van der Waals surface area (Å²) in [5, 5.41) is 3.58. The van der Waals surface area contributed by atoms with E-state index in [1.807, 2.05) is 0 Å². The minimum absolute atomic E-state index is 0.0205. The number of hydrogen-bond donors (Lipinski definition) is 0. The van der Waals surface area contributed by atoms with E-state index in [1.165, 1.54) is 15.9 Å². The van der Waals surface area contributed by atoms with Crippen LogP contribution in [-0.2, 0) is 0 Å². The highest BCUT2D eigenvalue weighted by Gasteiger charge is 2.28. The zero-order valence-corrected chi connectivity index (χ0v) is 12.8. The molecule has 1 aliphatic heterocycles. The fourth-order valence-corrected chi connectivity index (χ4v) is 2.45. The van der Waals surface area contributed by atoms with E-state index in [0.717, 1.165) is 12.1 Å². The zero-order chi connectivity index (χ0) is 17.3. The lowest BCUT2D eigenvalue weighted by Crippen LogP contribution is -2.50.